The molecule has 19 heavy (non-hydrogen) atoms. The number of alkyl halides is 2. The molecule has 1 heterocycles. The molecule has 6 nitrogen and oxygen atoms in total. The van der Waals surface area contributed by atoms with Crippen LogP contribution >= 0.6 is 0 Å². The lowest BCUT2D eigenvalue weighted by Gasteiger charge is -2.26. The Morgan fingerprint density at radius 3 is 2.74 bits per heavy atom. The first-order valence-corrected chi connectivity index (χ1v) is 7.31. The number of halogens is 2. The van der Waals surface area contributed by atoms with Crippen molar-refractivity contribution in [2.45, 2.75) is 30.3 Å². The van der Waals surface area contributed by atoms with Crippen molar-refractivity contribution in [1.82, 2.24) is 0 Å². The molecular formula is C10H12F2O6S. The van der Waals surface area contributed by atoms with Crippen molar-refractivity contribution in [1.29, 1.82) is 0 Å². The number of hydrogen-bond donors (Lipinski definition) is 1. The normalized spacial score (nSPS) is 40.8. The predicted octanol–water partition coefficient (Wildman–Crippen LogP) is 0.434. The maximum Gasteiger partial charge on any atom is 0.392 e. The van der Waals surface area contributed by atoms with Crippen molar-refractivity contribution in [3.05, 3.63) is 0 Å². The quantitative estimate of drug-likeness (QED) is 0.598. The summed E-state index contributed by atoms with van der Waals surface area (Å²) in [5, 5.41) is -4.35. The number of ether oxygens (including phenoxy) is 2. The van der Waals surface area contributed by atoms with Crippen molar-refractivity contribution < 1.29 is 36.0 Å². The second-order valence-electron chi connectivity index (χ2n) is 5.29. The number of hydrogen-bond acceptors (Lipinski definition) is 5. The average Bonchev–Trinajstić information content (AvgIpc) is 2.86. The van der Waals surface area contributed by atoms with Gasteiger partial charge in [0.1, 0.15) is 12.7 Å². The molecular weight excluding hydrogens is 286 g/mol. The molecule has 5 atom stereocenters. The van der Waals surface area contributed by atoms with Crippen LogP contribution in [0.2, 0.25) is 0 Å². The molecule has 3 fully saturated rings. The Morgan fingerprint density at radius 2 is 2.11 bits per heavy atom. The predicted molar refractivity (Wildman–Crippen MR) is 55.8 cm³/mol. The molecule has 1 N–H and O–H groups in total. The topological polar surface area (TPSA) is 89.9 Å². The van der Waals surface area contributed by atoms with Gasteiger partial charge in [-0.1, -0.05) is 0 Å². The van der Waals surface area contributed by atoms with Crippen molar-refractivity contribution in [2.24, 2.45) is 17.8 Å². The zero-order valence-electron chi connectivity index (χ0n) is 9.66. The number of carbonyl (C=O) groups excluding carboxylic acids is 1. The van der Waals surface area contributed by atoms with Crippen LogP contribution in [0.4, 0.5) is 8.78 Å². The third kappa shape index (κ3) is 1.86. The van der Waals surface area contributed by atoms with E-state index in [0.717, 1.165) is 0 Å². The van der Waals surface area contributed by atoms with E-state index in [1.807, 2.05) is 0 Å². The van der Waals surface area contributed by atoms with Crippen LogP contribution in [0.5, 0.6) is 0 Å². The molecule has 9 heteroatoms. The minimum absolute atomic E-state index is 0.0122. The molecule has 2 bridgehead atoms. The van der Waals surface area contributed by atoms with Gasteiger partial charge in [-0.3, -0.25) is 9.35 Å². The minimum atomic E-state index is -5.50. The lowest BCUT2D eigenvalue weighted by molar-refractivity contribution is -0.149. The first-order chi connectivity index (χ1) is 8.71. The Hall–Kier alpha value is -0.800. The van der Waals surface area contributed by atoms with E-state index >= 15 is 0 Å². The van der Waals surface area contributed by atoms with Crippen molar-refractivity contribution in [3.8, 4) is 0 Å². The van der Waals surface area contributed by atoms with Gasteiger partial charge in [-0.2, -0.15) is 17.2 Å². The van der Waals surface area contributed by atoms with Gasteiger partial charge < -0.3 is 9.47 Å². The van der Waals surface area contributed by atoms with Crippen LogP contribution in [0.15, 0.2) is 0 Å². The molecule has 3 rings (SSSR count). The van der Waals surface area contributed by atoms with Gasteiger partial charge in [-0.05, 0) is 18.8 Å². The van der Waals surface area contributed by atoms with E-state index in [-0.39, 0.29) is 23.7 Å². The van der Waals surface area contributed by atoms with Gasteiger partial charge in [0.25, 0.3) is 0 Å². The average molecular weight is 298 g/mol. The smallest absolute Gasteiger partial charge is 0.392 e. The van der Waals surface area contributed by atoms with Gasteiger partial charge in [0.2, 0.25) is 0 Å². The van der Waals surface area contributed by atoms with E-state index in [4.69, 9.17) is 14.0 Å². The number of rotatable bonds is 4. The van der Waals surface area contributed by atoms with E-state index in [1.54, 1.807) is 0 Å². The molecule has 0 spiro atoms. The summed E-state index contributed by atoms with van der Waals surface area (Å²) in [6.45, 7) is -1.43. The summed E-state index contributed by atoms with van der Waals surface area (Å²) in [5.41, 5.74) is 0. The number of carbonyl (C=O) groups is 1. The van der Waals surface area contributed by atoms with Crippen LogP contribution in [-0.4, -0.2) is 43.0 Å². The van der Waals surface area contributed by atoms with Crippen LogP contribution in [-0.2, 0) is 24.4 Å². The molecule has 108 valence electrons. The van der Waals surface area contributed by atoms with Crippen LogP contribution in [0.1, 0.15) is 12.8 Å². The molecule has 5 unspecified atom stereocenters. The van der Waals surface area contributed by atoms with E-state index in [1.165, 1.54) is 0 Å². The maximum absolute atomic E-state index is 13.1. The molecule has 1 saturated heterocycles. The summed E-state index contributed by atoms with van der Waals surface area (Å²) < 4.78 is 65.5. The summed E-state index contributed by atoms with van der Waals surface area (Å²) in [6, 6.07) is 0. The van der Waals surface area contributed by atoms with Gasteiger partial charge in [0, 0.05) is 5.92 Å². The Labute approximate surface area is 107 Å². The molecule has 2 aliphatic carbocycles. The Kier molecular flexibility index (Phi) is 2.68. The molecule has 0 aromatic heterocycles. The first-order valence-electron chi connectivity index (χ1n) is 5.87. The maximum atomic E-state index is 13.1. The second-order valence-corrected chi connectivity index (χ2v) is 6.84. The summed E-state index contributed by atoms with van der Waals surface area (Å²) in [5.74, 6) is -0.576. The summed E-state index contributed by atoms with van der Waals surface area (Å²) >= 11 is 0. The number of esters is 1. The van der Waals surface area contributed by atoms with E-state index < -0.39 is 34.2 Å². The van der Waals surface area contributed by atoms with Crippen LogP contribution in [0.3, 0.4) is 0 Å². The Balaban J connectivity index is 1.68. The van der Waals surface area contributed by atoms with Crippen molar-refractivity contribution in [3.63, 3.8) is 0 Å². The monoisotopic (exact) mass is 298 g/mol. The zero-order chi connectivity index (χ0) is 14.0. The highest BCUT2D eigenvalue weighted by Crippen LogP contribution is 2.55. The van der Waals surface area contributed by atoms with E-state index in [2.05, 4.69) is 0 Å². The molecule has 1 aliphatic heterocycles. The largest absolute Gasteiger partial charge is 0.459 e. The van der Waals surface area contributed by atoms with Crippen LogP contribution < -0.4 is 0 Å². The third-order valence-electron chi connectivity index (χ3n) is 4.24. The van der Waals surface area contributed by atoms with Crippen molar-refractivity contribution >= 4 is 16.1 Å². The van der Waals surface area contributed by atoms with Crippen molar-refractivity contribution in [2.75, 3.05) is 6.61 Å². The molecule has 0 radical (unpaired) electrons. The first kappa shape index (κ1) is 13.2. The third-order valence-corrected chi connectivity index (χ3v) is 5.11. The highest BCUT2D eigenvalue weighted by Gasteiger charge is 2.63. The molecule has 0 amide bonds. The van der Waals surface area contributed by atoms with E-state index in [0.29, 0.717) is 12.8 Å². The fourth-order valence-corrected chi connectivity index (χ4v) is 3.62. The summed E-state index contributed by atoms with van der Waals surface area (Å²) in [4.78, 5) is 11.4. The minimum Gasteiger partial charge on any atom is -0.459 e. The highest BCUT2D eigenvalue weighted by molar-refractivity contribution is 7.86. The lowest BCUT2D eigenvalue weighted by atomic mass is 9.88. The molecule has 3 aliphatic rings. The SMILES string of the molecule is O=C1OC2C3CC(CC13)C2OCC(F)(F)S(=O)(=O)O. The summed E-state index contributed by atoms with van der Waals surface area (Å²) in [7, 11) is -5.50. The van der Waals surface area contributed by atoms with Gasteiger partial charge in [-0.25, -0.2) is 0 Å². The van der Waals surface area contributed by atoms with Crippen LogP contribution in [0, 0.1) is 17.8 Å². The van der Waals surface area contributed by atoms with Crippen LogP contribution in [0.25, 0.3) is 0 Å². The zero-order valence-corrected chi connectivity index (χ0v) is 10.5. The summed E-state index contributed by atoms with van der Waals surface area (Å²) in [6.07, 6.45) is -0.0700. The van der Waals surface area contributed by atoms with E-state index in [9.17, 15) is 22.0 Å². The van der Waals surface area contributed by atoms with Gasteiger partial charge in [0.15, 0.2) is 0 Å². The lowest BCUT2D eigenvalue weighted by Crippen LogP contribution is -2.40. The van der Waals surface area contributed by atoms with Gasteiger partial charge in [-0.15, -0.1) is 0 Å². The Morgan fingerprint density at radius 1 is 1.42 bits per heavy atom. The van der Waals surface area contributed by atoms with Gasteiger partial charge >= 0.3 is 21.3 Å². The number of fused-ring (bicyclic) bond motifs is 1. The Bertz CT molecular complexity index is 518. The molecule has 0 aromatic rings. The second kappa shape index (κ2) is 3.86. The van der Waals surface area contributed by atoms with Gasteiger partial charge in [0.05, 0.1) is 12.0 Å². The fraction of sp³-hybridized carbons (Fsp3) is 0.900. The molecule has 0 aromatic carbocycles. The standard InChI is InChI=1S/C10H12F2O6S/c11-10(12,19(14,15)16)3-17-7-4-1-5-6(2-4)9(13)18-8(5)7/h4-8H,1-3H2,(H,14,15,16). The molecule has 2 saturated carbocycles. The fourth-order valence-electron chi connectivity index (χ4n) is 3.40. The highest BCUT2D eigenvalue weighted by atomic mass is 32.2.